The Morgan fingerprint density at radius 2 is 1.45 bits per heavy atom. The third-order valence-electron chi connectivity index (χ3n) is 3.12. The van der Waals surface area contributed by atoms with Crippen LogP contribution in [0, 0.1) is 11.8 Å². The van der Waals surface area contributed by atoms with Gasteiger partial charge in [-0.25, -0.2) is 4.79 Å². The Morgan fingerprint density at radius 3 is 1.91 bits per heavy atom. The van der Waals surface area contributed by atoms with Crippen molar-refractivity contribution in [2.45, 2.75) is 6.42 Å². The minimum atomic E-state index is 0.289. The molecule has 3 nitrogen and oxygen atoms in total. The summed E-state index contributed by atoms with van der Waals surface area (Å²) in [5.74, 6) is 1.58. The molecule has 0 radical (unpaired) electrons. The van der Waals surface area contributed by atoms with E-state index in [1.165, 1.54) is 6.42 Å². The summed E-state index contributed by atoms with van der Waals surface area (Å²) in [6, 6.07) is 0.289. The van der Waals surface area contributed by atoms with E-state index in [4.69, 9.17) is 0 Å². The van der Waals surface area contributed by atoms with Gasteiger partial charge in [-0.05, 0) is 18.3 Å². The van der Waals surface area contributed by atoms with E-state index in [0.29, 0.717) is 0 Å². The zero-order valence-electron chi connectivity index (χ0n) is 6.49. The summed E-state index contributed by atoms with van der Waals surface area (Å²) in [6.45, 7) is 4.13. The fourth-order valence-electron chi connectivity index (χ4n) is 2.79. The van der Waals surface area contributed by atoms with Gasteiger partial charge in [-0.2, -0.15) is 0 Å². The molecule has 0 unspecified atom stereocenters. The lowest BCUT2D eigenvalue weighted by Gasteiger charge is -2.52. The first-order valence-electron chi connectivity index (χ1n) is 4.37. The number of nitrogens with zero attached hydrogens (tertiary/aromatic N) is 2. The lowest BCUT2D eigenvalue weighted by Crippen LogP contribution is -2.64. The Balaban J connectivity index is 1.96. The number of hydrogen-bond acceptors (Lipinski definition) is 1. The Bertz CT molecular complexity index is 184. The Morgan fingerprint density at radius 1 is 1.00 bits per heavy atom. The smallest absolute Gasteiger partial charge is 0.320 e. The highest BCUT2D eigenvalue weighted by Gasteiger charge is 2.43. The molecule has 4 rings (SSSR count). The molecule has 4 fully saturated rings. The van der Waals surface area contributed by atoms with Crippen molar-refractivity contribution >= 4 is 6.03 Å². The predicted molar refractivity (Wildman–Crippen MR) is 40.1 cm³/mol. The molecule has 0 spiro atoms. The lowest BCUT2D eigenvalue weighted by atomic mass is 9.82. The molecule has 4 aliphatic rings. The van der Waals surface area contributed by atoms with Crippen molar-refractivity contribution < 1.29 is 4.79 Å². The highest BCUT2D eigenvalue weighted by Crippen LogP contribution is 2.34. The van der Waals surface area contributed by atoms with Crippen LogP contribution in [0.1, 0.15) is 6.42 Å². The van der Waals surface area contributed by atoms with Crippen LogP contribution < -0.4 is 0 Å². The number of piperidine rings is 2. The van der Waals surface area contributed by atoms with Gasteiger partial charge in [-0.3, -0.25) is 0 Å². The summed E-state index contributed by atoms with van der Waals surface area (Å²) in [5, 5.41) is 0. The maximum atomic E-state index is 11.4. The second-order valence-corrected chi connectivity index (χ2v) is 4.06. The van der Waals surface area contributed by atoms with Crippen molar-refractivity contribution in [3.63, 3.8) is 0 Å². The first-order valence-corrected chi connectivity index (χ1v) is 4.37. The van der Waals surface area contributed by atoms with Crippen molar-refractivity contribution in [1.29, 1.82) is 0 Å². The van der Waals surface area contributed by atoms with Gasteiger partial charge in [-0.15, -0.1) is 0 Å². The highest BCUT2D eigenvalue weighted by molar-refractivity contribution is 5.76. The van der Waals surface area contributed by atoms with Crippen LogP contribution in [0.2, 0.25) is 0 Å². The SMILES string of the molecule is O=C1N2CC3CC(C2)CN1C3. The summed E-state index contributed by atoms with van der Waals surface area (Å²) in [4.78, 5) is 15.5. The zero-order chi connectivity index (χ0) is 7.42. The van der Waals surface area contributed by atoms with Crippen molar-refractivity contribution in [1.82, 2.24) is 9.80 Å². The summed E-state index contributed by atoms with van der Waals surface area (Å²) in [6.07, 6.45) is 1.36. The molecule has 0 atom stereocenters. The standard InChI is InChI=1S/C8H12N2O/c11-8-9-2-6-1-7(4-9)5-10(8)3-6/h6-7H,1-5H2. The van der Waals surface area contributed by atoms with Crippen LogP contribution in [0.5, 0.6) is 0 Å². The van der Waals surface area contributed by atoms with Gasteiger partial charge in [0.05, 0.1) is 0 Å². The van der Waals surface area contributed by atoms with Crippen LogP contribution in [0.15, 0.2) is 0 Å². The molecule has 3 heteroatoms. The maximum Gasteiger partial charge on any atom is 0.320 e. The van der Waals surface area contributed by atoms with E-state index in [-0.39, 0.29) is 6.03 Å². The van der Waals surface area contributed by atoms with Crippen molar-refractivity contribution in [3.05, 3.63) is 0 Å². The molecule has 0 aromatic carbocycles. The van der Waals surface area contributed by atoms with E-state index in [1.807, 2.05) is 9.80 Å². The summed E-state index contributed by atoms with van der Waals surface area (Å²) >= 11 is 0. The second kappa shape index (κ2) is 1.71. The Hall–Kier alpha value is -0.730. The van der Waals surface area contributed by atoms with Crippen molar-refractivity contribution in [2.75, 3.05) is 26.2 Å². The molecule has 2 amide bonds. The van der Waals surface area contributed by atoms with Crippen LogP contribution in [0.4, 0.5) is 4.79 Å². The first kappa shape index (κ1) is 5.86. The Labute approximate surface area is 66.0 Å². The van der Waals surface area contributed by atoms with E-state index >= 15 is 0 Å². The Kier molecular flexibility index (Phi) is 0.910. The van der Waals surface area contributed by atoms with Crippen LogP contribution in [-0.4, -0.2) is 42.0 Å². The van der Waals surface area contributed by atoms with Gasteiger partial charge in [0, 0.05) is 26.2 Å². The van der Waals surface area contributed by atoms with Gasteiger partial charge in [-0.1, -0.05) is 0 Å². The van der Waals surface area contributed by atoms with E-state index in [9.17, 15) is 4.79 Å². The molecule has 4 heterocycles. The quantitative estimate of drug-likeness (QED) is 0.492. The van der Waals surface area contributed by atoms with Crippen molar-refractivity contribution in [2.24, 2.45) is 11.8 Å². The average Bonchev–Trinajstić information content (AvgIpc) is 1.98. The summed E-state index contributed by atoms with van der Waals surface area (Å²) in [7, 11) is 0. The molecule has 0 saturated carbocycles. The number of carbonyl (C=O) groups excluding carboxylic acids is 1. The van der Waals surface area contributed by atoms with E-state index in [2.05, 4.69) is 0 Å². The third-order valence-corrected chi connectivity index (χ3v) is 3.12. The molecule has 0 aromatic heterocycles. The molecule has 4 bridgehead atoms. The normalized spacial score (nSPS) is 40.5. The fraction of sp³-hybridized carbons (Fsp3) is 0.875. The van der Waals surface area contributed by atoms with Crippen LogP contribution in [-0.2, 0) is 0 Å². The first-order chi connectivity index (χ1) is 5.33. The highest BCUT2D eigenvalue weighted by atomic mass is 16.2. The number of urea groups is 1. The van der Waals surface area contributed by atoms with E-state index in [0.717, 1.165) is 38.0 Å². The number of carbonyl (C=O) groups is 1. The number of amides is 2. The third kappa shape index (κ3) is 0.659. The van der Waals surface area contributed by atoms with Gasteiger partial charge < -0.3 is 9.80 Å². The molecule has 0 aromatic rings. The van der Waals surface area contributed by atoms with Gasteiger partial charge in [0.1, 0.15) is 0 Å². The number of hydrogen-bond donors (Lipinski definition) is 0. The lowest BCUT2D eigenvalue weighted by molar-refractivity contribution is -0.000648. The molecule has 4 aliphatic heterocycles. The molecular weight excluding hydrogens is 140 g/mol. The van der Waals surface area contributed by atoms with Gasteiger partial charge >= 0.3 is 6.03 Å². The van der Waals surface area contributed by atoms with Crippen LogP contribution in [0.25, 0.3) is 0 Å². The van der Waals surface area contributed by atoms with Gasteiger partial charge in [0.2, 0.25) is 0 Å². The van der Waals surface area contributed by atoms with E-state index < -0.39 is 0 Å². The van der Waals surface area contributed by atoms with Gasteiger partial charge in [0.15, 0.2) is 0 Å². The molecular formula is C8H12N2O. The topological polar surface area (TPSA) is 23.6 Å². The van der Waals surface area contributed by atoms with E-state index in [1.54, 1.807) is 0 Å². The predicted octanol–water partition coefficient (Wildman–Crippen LogP) is 0.374. The zero-order valence-corrected chi connectivity index (χ0v) is 6.49. The van der Waals surface area contributed by atoms with Crippen LogP contribution in [0.3, 0.4) is 0 Å². The summed E-state index contributed by atoms with van der Waals surface area (Å²) in [5.41, 5.74) is 0. The number of rotatable bonds is 0. The summed E-state index contributed by atoms with van der Waals surface area (Å²) < 4.78 is 0. The largest absolute Gasteiger partial charge is 0.324 e. The van der Waals surface area contributed by atoms with Crippen molar-refractivity contribution in [3.8, 4) is 0 Å². The maximum absolute atomic E-state index is 11.4. The monoisotopic (exact) mass is 152 g/mol. The minimum Gasteiger partial charge on any atom is -0.324 e. The van der Waals surface area contributed by atoms with Crippen LogP contribution >= 0.6 is 0 Å². The molecule has 11 heavy (non-hydrogen) atoms. The second-order valence-electron chi connectivity index (χ2n) is 4.06. The molecule has 4 saturated heterocycles. The molecule has 60 valence electrons. The fourth-order valence-corrected chi connectivity index (χ4v) is 2.79. The molecule has 0 aliphatic carbocycles. The minimum absolute atomic E-state index is 0.289. The van der Waals surface area contributed by atoms with Gasteiger partial charge in [0.25, 0.3) is 0 Å². The average molecular weight is 152 g/mol. The molecule has 0 N–H and O–H groups in total.